The van der Waals surface area contributed by atoms with Crippen molar-refractivity contribution < 1.29 is 14.6 Å². The molecule has 10 heavy (non-hydrogen) atoms. The topological polar surface area (TPSA) is 38.7 Å². The molecule has 1 aliphatic rings. The average molecular weight is 146 g/mol. The second-order valence-corrected chi connectivity index (χ2v) is 2.72. The Morgan fingerprint density at radius 1 is 1.70 bits per heavy atom. The van der Waals surface area contributed by atoms with Crippen molar-refractivity contribution in [3.8, 4) is 0 Å². The van der Waals surface area contributed by atoms with Crippen molar-refractivity contribution in [3.63, 3.8) is 0 Å². The lowest BCUT2D eigenvalue weighted by Crippen LogP contribution is -2.15. The van der Waals surface area contributed by atoms with Crippen LogP contribution in [0.5, 0.6) is 0 Å². The fourth-order valence-corrected chi connectivity index (χ4v) is 1.20. The van der Waals surface area contributed by atoms with Crippen molar-refractivity contribution in [3.05, 3.63) is 0 Å². The van der Waals surface area contributed by atoms with Gasteiger partial charge in [-0.1, -0.05) is 0 Å². The van der Waals surface area contributed by atoms with Gasteiger partial charge in [0.25, 0.3) is 0 Å². The maximum Gasteiger partial charge on any atom is 0.0838 e. The minimum Gasteiger partial charge on any atom is -0.390 e. The van der Waals surface area contributed by atoms with E-state index in [1.165, 1.54) is 0 Å². The fourth-order valence-electron chi connectivity index (χ4n) is 1.20. The van der Waals surface area contributed by atoms with Gasteiger partial charge >= 0.3 is 0 Å². The van der Waals surface area contributed by atoms with Gasteiger partial charge in [0, 0.05) is 13.5 Å². The molecule has 0 aliphatic carbocycles. The molecule has 1 N–H and O–H groups in total. The lowest BCUT2D eigenvalue weighted by Gasteiger charge is -2.08. The molecular weight excluding hydrogens is 132 g/mol. The molecule has 3 nitrogen and oxygen atoms in total. The molecule has 60 valence electrons. The van der Waals surface area contributed by atoms with Crippen molar-refractivity contribution in [2.24, 2.45) is 0 Å². The maximum atomic E-state index is 9.21. The molecule has 1 fully saturated rings. The Kier molecular flexibility index (Phi) is 2.65. The molecule has 1 saturated heterocycles. The van der Waals surface area contributed by atoms with Crippen molar-refractivity contribution in [1.29, 1.82) is 0 Å². The van der Waals surface area contributed by atoms with E-state index in [0.717, 1.165) is 0 Å². The van der Waals surface area contributed by atoms with Crippen LogP contribution in [-0.2, 0) is 9.47 Å². The summed E-state index contributed by atoms with van der Waals surface area (Å²) in [5.41, 5.74) is 0. The molecule has 0 saturated carbocycles. The molecule has 0 aromatic carbocycles. The fraction of sp³-hybridized carbons (Fsp3) is 1.00. The molecule has 3 heteroatoms. The van der Waals surface area contributed by atoms with Gasteiger partial charge in [-0.3, -0.25) is 0 Å². The Hall–Kier alpha value is -0.120. The zero-order valence-electron chi connectivity index (χ0n) is 6.41. The second kappa shape index (κ2) is 3.32. The molecule has 3 atom stereocenters. The minimum atomic E-state index is -0.305. The number of aliphatic hydroxyl groups excluding tert-OH is 1. The Balaban J connectivity index is 2.27. The second-order valence-electron chi connectivity index (χ2n) is 2.72. The molecule has 0 bridgehead atoms. The third-order valence-corrected chi connectivity index (χ3v) is 1.81. The SMILES string of the molecule is COC[C@@H]1C[C@H](O)[C@H](C)O1. The van der Waals surface area contributed by atoms with Crippen LogP contribution in [0.1, 0.15) is 13.3 Å². The number of rotatable bonds is 2. The summed E-state index contributed by atoms with van der Waals surface area (Å²) in [5, 5.41) is 9.21. The van der Waals surface area contributed by atoms with E-state index in [-0.39, 0.29) is 18.3 Å². The first-order chi connectivity index (χ1) is 4.74. The lowest BCUT2D eigenvalue weighted by atomic mass is 10.2. The van der Waals surface area contributed by atoms with Crippen LogP contribution >= 0.6 is 0 Å². The van der Waals surface area contributed by atoms with E-state index in [1.54, 1.807) is 7.11 Å². The highest BCUT2D eigenvalue weighted by Gasteiger charge is 2.29. The minimum absolute atomic E-state index is 0.0276. The van der Waals surface area contributed by atoms with E-state index in [2.05, 4.69) is 0 Å². The summed E-state index contributed by atoms with van der Waals surface area (Å²) < 4.78 is 10.2. The number of hydrogen-bond donors (Lipinski definition) is 1. The number of methoxy groups -OCH3 is 1. The largest absolute Gasteiger partial charge is 0.390 e. The van der Waals surface area contributed by atoms with Gasteiger partial charge in [-0.15, -0.1) is 0 Å². The summed E-state index contributed by atoms with van der Waals surface area (Å²) in [7, 11) is 1.64. The third-order valence-electron chi connectivity index (χ3n) is 1.81. The molecule has 0 amide bonds. The predicted molar refractivity (Wildman–Crippen MR) is 36.8 cm³/mol. The van der Waals surface area contributed by atoms with Crippen molar-refractivity contribution >= 4 is 0 Å². The Labute approximate surface area is 60.9 Å². The summed E-state index contributed by atoms with van der Waals surface area (Å²) in [6.07, 6.45) is 0.463. The van der Waals surface area contributed by atoms with Crippen LogP contribution in [-0.4, -0.2) is 37.1 Å². The highest BCUT2D eigenvalue weighted by molar-refractivity contribution is 4.78. The standard InChI is InChI=1S/C7H14O3/c1-5-7(8)3-6(10-5)4-9-2/h5-8H,3-4H2,1-2H3/t5-,6-,7-/m0/s1. The Morgan fingerprint density at radius 3 is 2.80 bits per heavy atom. The van der Waals surface area contributed by atoms with Gasteiger partial charge in [0.15, 0.2) is 0 Å². The van der Waals surface area contributed by atoms with Gasteiger partial charge in [-0.05, 0) is 6.92 Å². The van der Waals surface area contributed by atoms with Crippen molar-refractivity contribution in [1.82, 2.24) is 0 Å². The predicted octanol–water partition coefficient (Wildman–Crippen LogP) is 0.171. The Bertz CT molecular complexity index is 95.0. The number of ether oxygens (including phenoxy) is 2. The van der Waals surface area contributed by atoms with Gasteiger partial charge in [-0.25, -0.2) is 0 Å². The zero-order chi connectivity index (χ0) is 7.56. The molecule has 0 radical (unpaired) electrons. The number of hydrogen-bond acceptors (Lipinski definition) is 3. The highest BCUT2D eigenvalue weighted by Crippen LogP contribution is 2.19. The van der Waals surface area contributed by atoms with Crippen LogP contribution in [0.4, 0.5) is 0 Å². The van der Waals surface area contributed by atoms with Crippen molar-refractivity contribution in [2.45, 2.75) is 31.7 Å². The molecule has 0 aromatic heterocycles. The molecular formula is C7H14O3. The smallest absolute Gasteiger partial charge is 0.0838 e. The number of aliphatic hydroxyl groups is 1. The molecule has 1 heterocycles. The van der Waals surface area contributed by atoms with Crippen LogP contribution in [0.3, 0.4) is 0 Å². The van der Waals surface area contributed by atoms with E-state index in [0.29, 0.717) is 13.0 Å². The summed E-state index contributed by atoms with van der Waals surface area (Å²) in [6, 6.07) is 0. The molecule has 1 aliphatic heterocycles. The van der Waals surface area contributed by atoms with E-state index in [9.17, 15) is 5.11 Å². The lowest BCUT2D eigenvalue weighted by molar-refractivity contribution is -0.00910. The maximum absolute atomic E-state index is 9.21. The zero-order valence-corrected chi connectivity index (χ0v) is 6.41. The van der Waals surface area contributed by atoms with E-state index >= 15 is 0 Å². The third kappa shape index (κ3) is 1.68. The monoisotopic (exact) mass is 146 g/mol. The van der Waals surface area contributed by atoms with Gasteiger partial charge in [0.05, 0.1) is 24.9 Å². The first kappa shape index (κ1) is 7.98. The summed E-state index contributed by atoms with van der Waals surface area (Å²) in [4.78, 5) is 0. The van der Waals surface area contributed by atoms with Crippen LogP contribution in [0.25, 0.3) is 0 Å². The van der Waals surface area contributed by atoms with Crippen LogP contribution < -0.4 is 0 Å². The average Bonchev–Trinajstić information content (AvgIpc) is 2.14. The first-order valence-electron chi connectivity index (χ1n) is 3.56. The van der Waals surface area contributed by atoms with E-state index < -0.39 is 0 Å². The normalized spacial score (nSPS) is 40.5. The van der Waals surface area contributed by atoms with Crippen LogP contribution in [0.2, 0.25) is 0 Å². The summed E-state index contributed by atoms with van der Waals surface area (Å²) >= 11 is 0. The van der Waals surface area contributed by atoms with Crippen molar-refractivity contribution in [2.75, 3.05) is 13.7 Å². The van der Waals surface area contributed by atoms with Gasteiger partial charge in [-0.2, -0.15) is 0 Å². The summed E-state index contributed by atoms with van der Waals surface area (Å²) in [6.45, 7) is 2.46. The first-order valence-corrected chi connectivity index (χ1v) is 3.56. The molecule has 1 rings (SSSR count). The van der Waals surface area contributed by atoms with Gasteiger partial charge in [0.1, 0.15) is 0 Å². The molecule has 0 unspecified atom stereocenters. The van der Waals surface area contributed by atoms with Gasteiger partial charge < -0.3 is 14.6 Å². The summed E-state index contributed by atoms with van der Waals surface area (Å²) in [5.74, 6) is 0. The quantitative estimate of drug-likeness (QED) is 0.603. The van der Waals surface area contributed by atoms with Crippen LogP contribution in [0.15, 0.2) is 0 Å². The highest BCUT2D eigenvalue weighted by atomic mass is 16.5. The van der Waals surface area contributed by atoms with E-state index in [4.69, 9.17) is 9.47 Å². The molecule has 0 aromatic rings. The molecule has 0 spiro atoms. The van der Waals surface area contributed by atoms with Gasteiger partial charge in [0.2, 0.25) is 0 Å². The Morgan fingerprint density at radius 2 is 2.40 bits per heavy atom. The van der Waals surface area contributed by atoms with E-state index in [1.807, 2.05) is 6.92 Å². The van der Waals surface area contributed by atoms with Crippen LogP contribution in [0, 0.1) is 0 Å².